The summed E-state index contributed by atoms with van der Waals surface area (Å²) in [7, 11) is 4.65. The Labute approximate surface area is 487 Å². The third kappa shape index (κ3) is 11.9. The molecule has 3 aromatic carbocycles. The summed E-state index contributed by atoms with van der Waals surface area (Å²) in [4.78, 5) is 69.4. The number of para-hydroxylation sites is 1. The van der Waals surface area contributed by atoms with Gasteiger partial charge in [0.1, 0.15) is 46.9 Å². The maximum absolute atomic E-state index is 16.6. The van der Waals surface area contributed by atoms with E-state index in [1.165, 1.54) is 38.6 Å². The van der Waals surface area contributed by atoms with Gasteiger partial charge in [-0.05, 0) is 100 Å². The van der Waals surface area contributed by atoms with Crippen LogP contribution in [0.1, 0.15) is 86.6 Å². The molecule has 6 N–H and O–H groups in total. The Hall–Kier alpha value is -7.75. The number of hydrogen-bond acceptors (Lipinski definition) is 17. The molecule has 3 fully saturated rings. The highest BCUT2D eigenvalue weighted by atomic mass is 35.5. The first-order valence-electron chi connectivity index (χ1n) is 27.6. The van der Waals surface area contributed by atoms with E-state index >= 15 is 4.39 Å². The van der Waals surface area contributed by atoms with Crippen LogP contribution in [0.4, 0.5) is 25.4 Å². The normalized spacial score (nSPS) is 17.8. The van der Waals surface area contributed by atoms with E-state index in [0.29, 0.717) is 50.0 Å². The highest BCUT2D eigenvalue weighted by Gasteiger charge is 2.37. The molecule has 11 rings (SSSR count). The van der Waals surface area contributed by atoms with Crippen LogP contribution in [0.5, 0.6) is 11.8 Å². The summed E-state index contributed by atoms with van der Waals surface area (Å²) >= 11 is 7.79. The Morgan fingerprint density at radius 2 is 1.84 bits per heavy atom. The van der Waals surface area contributed by atoms with Gasteiger partial charge in [0.05, 0.1) is 76.7 Å². The summed E-state index contributed by atoms with van der Waals surface area (Å²) in [5.41, 5.74) is 15.3. The minimum Gasteiger partial charge on any atom is -0.489 e. The summed E-state index contributed by atoms with van der Waals surface area (Å²) < 4.78 is 52.1. The molecule has 3 saturated heterocycles. The van der Waals surface area contributed by atoms with Crippen LogP contribution in [0.3, 0.4) is 0 Å². The second-order valence-electron chi connectivity index (χ2n) is 20.8. The van der Waals surface area contributed by atoms with Gasteiger partial charge in [-0.2, -0.15) is 15.2 Å². The highest BCUT2D eigenvalue weighted by molar-refractivity contribution is 7.23. The first-order chi connectivity index (χ1) is 40.1. The largest absolute Gasteiger partial charge is 0.489 e. The van der Waals surface area contributed by atoms with E-state index in [2.05, 4.69) is 48.5 Å². The number of nitrogens with two attached hydrogens (primary N) is 2. The van der Waals surface area contributed by atoms with Crippen LogP contribution in [0.2, 0.25) is 5.02 Å². The van der Waals surface area contributed by atoms with Crippen LogP contribution in [0, 0.1) is 23.0 Å². The van der Waals surface area contributed by atoms with Crippen LogP contribution in [0.25, 0.3) is 43.1 Å². The number of anilines is 3. The second kappa shape index (κ2) is 26.2. The van der Waals surface area contributed by atoms with E-state index in [9.17, 15) is 28.8 Å². The van der Waals surface area contributed by atoms with Crippen LogP contribution in [-0.2, 0) is 26.2 Å². The number of halogens is 3. The zero-order valence-corrected chi connectivity index (χ0v) is 48.5. The van der Waals surface area contributed by atoms with E-state index in [1.54, 1.807) is 35.5 Å². The van der Waals surface area contributed by atoms with Crippen LogP contribution < -0.4 is 42.2 Å². The van der Waals surface area contributed by atoms with E-state index < -0.39 is 17.7 Å². The van der Waals surface area contributed by atoms with Gasteiger partial charge in [0.15, 0.2) is 11.6 Å². The number of rotatable bonds is 16. The van der Waals surface area contributed by atoms with Crippen molar-refractivity contribution in [3.05, 3.63) is 106 Å². The van der Waals surface area contributed by atoms with Gasteiger partial charge in [0, 0.05) is 62.4 Å². The number of carbonyl (C=O) groups is 3. The van der Waals surface area contributed by atoms with E-state index in [0.717, 1.165) is 78.7 Å². The average Bonchev–Trinajstić information content (AvgIpc) is 4.34. The Balaban J connectivity index is 0.000000194. The van der Waals surface area contributed by atoms with Crippen LogP contribution in [0.15, 0.2) is 66.6 Å². The molecule has 7 aromatic rings. The van der Waals surface area contributed by atoms with Crippen molar-refractivity contribution in [2.75, 3.05) is 89.6 Å². The topological polar surface area (TPSA) is 254 Å². The number of benzene rings is 3. The van der Waals surface area contributed by atoms with Crippen molar-refractivity contribution in [3.8, 4) is 29.0 Å². The molecule has 438 valence electrons. The number of nitriles is 1. The first-order valence-corrected chi connectivity index (χ1v) is 28.8. The number of hydrogen-bond donors (Lipinski definition) is 4. The molecular formula is C59H68ClF2N13O7S. The Kier molecular flexibility index (Phi) is 18.9. The number of amides is 2. The van der Waals surface area contributed by atoms with Gasteiger partial charge in [-0.25, -0.2) is 18.6 Å². The number of thiophene rings is 1. The van der Waals surface area contributed by atoms with Crippen molar-refractivity contribution >= 4 is 89.7 Å². The van der Waals surface area contributed by atoms with Gasteiger partial charge < -0.3 is 46.0 Å². The van der Waals surface area contributed by atoms with Crippen molar-refractivity contribution in [2.24, 2.45) is 7.05 Å². The van der Waals surface area contributed by atoms with Crippen molar-refractivity contribution in [1.82, 2.24) is 44.5 Å². The summed E-state index contributed by atoms with van der Waals surface area (Å²) in [5.74, 6) is -0.516. The monoisotopic (exact) mass is 1180 g/mol. The highest BCUT2D eigenvalue weighted by Crippen LogP contribution is 2.51. The number of methoxy groups -OCH3 is 1. The number of imidazole rings is 1. The molecule has 0 spiro atoms. The SMILES string of the molecule is C=C.CNC(=O)CCC(C=O)n1c(=O)n(C)c2cccc(C3CCN(CC(=O)NCCOC4CC5CCCN5C4)CC3)c21.COc1nc2c3c(c(Cl)c(-c4ccc(F)c5sc(N)c(C#N)c45)c(F)c3n1)OCCN2C(C)c1cccnc1N. The molecule has 0 bridgehead atoms. The smallest absolute Gasteiger partial charge is 0.329 e. The number of aromatic nitrogens is 5. The lowest BCUT2D eigenvalue weighted by Gasteiger charge is -2.32. The summed E-state index contributed by atoms with van der Waals surface area (Å²) in [6.45, 7) is 13.6. The number of aldehydes is 1. The molecule has 2 amide bonds. The molecule has 83 heavy (non-hydrogen) atoms. The maximum Gasteiger partial charge on any atom is 0.329 e. The maximum atomic E-state index is 16.6. The number of carbonyl (C=O) groups excluding carboxylic acids is 3. The lowest BCUT2D eigenvalue weighted by molar-refractivity contribution is -0.123. The zero-order chi connectivity index (χ0) is 59.2. The standard InChI is InChI=1S/C30H44N6O5.C27H20ClF2N7O2S.C2H4/c1-31-27(38)9-8-23(20-37)36-29-25(6-3-7-26(29)33(2)30(36)40)21-10-14-34(15-11-21)19-28(39)32-12-16-41-24-17-22-5-4-13-35(22)18-24;1-11(12-4-3-7-34-24(12)32)37-8-9-39-22-18-21(35-27(38-2)36-26(18)37)20(30)17(19(22)28)13-5-6-15(29)23-16(13)14(10-31)25(33)40-23;1-2/h3,6-7,20-24H,4-5,8-19H2,1-2H3,(H,31,38)(H,32,39);3-7,11H,8-9,33H2,1-2H3,(H2,32,34);1-2H2. The van der Waals surface area contributed by atoms with Gasteiger partial charge in [-0.3, -0.25) is 28.5 Å². The number of nitrogens with zero attached hydrogens (tertiary/aromatic N) is 9. The van der Waals surface area contributed by atoms with Crippen LogP contribution >= 0.6 is 22.9 Å². The Bertz CT molecular complexity index is 3660. The molecule has 24 heteroatoms. The molecule has 4 aromatic heterocycles. The fourth-order valence-electron chi connectivity index (χ4n) is 12.1. The molecule has 0 aliphatic carbocycles. The number of nitrogen functional groups attached to an aromatic ring is 2. The molecule has 4 atom stereocenters. The number of piperidine rings is 1. The fraction of sp³-hybridized carbons (Fsp3) is 0.424. The van der Waals surface area contributed by atoms with Gasteiger partial charge in [-0.1, -0.05) is 35.9 Å². The van der Waals surface area contributed by atoms with E-state index in [1.807, 2.05) is 42.2 Å². The third-order valence-electron chi connectivity index (χ3n) is 16.2. The van der Waals surface area contributed by atoms with Gasteiger partial charge in [0.25, 0.3) is 0 Å². The molecule has 0 radical (unpaired) electrons. The molecule has 20 nitrogen and oxygen atoms in total. The number of nitrogens with one attached hydrogen (secondary N) is 2. The summed E-state index contributed by atoms with van der Waals surface area (Å²) in [5, 5.41) is 15.8. The van der Waals surface area contributed by atoms with Gasteiger partial charge in [0.2, 0.25) is 11.8 Å². The third-order valence-corrected chi connectivity index (χ3v) is 17.6. The number of fused-ring (bicyclic) bond motifs is 3. The molecular weight excluding hydrogens is 1110 g/mol. The predicted octanol–water partition coefficient (Wildman–Crippen LogP) is 7.80. The Morgan fingerprint density at radius 1 is 1.06 bits per heavy atom. The summed E-state index contributed by atoms with van der Waals surface area (Å²) in [6.07, 6.45) is 8.47. The fourth-order valence-corrected chi connectivity index (χ4v) is 13.4. The van der Waals surface area contributed by atoms with E-state index in [4.69, 9.17) is 37.3 Å². The first kappa shape index (κ1) is 59.9. The minimum atomic E-state index is -0.814. The number of pyridine rings is 1. The lowest BCUT2D eigenvalue weighted by Crippen LogP contribution is -2.42. The zero-order valence-electron chi connectivity index (χ0n) is 46.9. The molecule has 4 aliphatic heterocycles. The number of likely N-dealkylation sites (tertiary alicyclic amines) is 1. The van der Waals surface area contributed by atoms with Gasteiger partial charge in [-0.15, -0.1) is 24.5 Å². The number of ether oxygens (including phenoxy) is 3. The molecule has 4 aliphatic rings. The lowest BCUT2D eigenvalue weighted by atomic mass is 9.88. The van der Waals surface area contributed by atoms with Crippen LogP contribution in [-0.4, -0.2) is 137 Å². The quantitative estimate of drug-likeness (QED) is 0.0409. The average molecular weight is 1180 g/mol. The van der Waals surface area contributed by atoms with Crippen molar-refractivity contribution in [2.45, 2.75) is 82.0 Å². The summed E-state index contributed by atoms with van der Waals surface area (Å²) in [6, 6.07) is 13.6. The minimum absolute atomic E-state index is 0.0167. The predicted molar refractivity (Wildman–Crippen MR) is 318 cm³/mol. The Morgan fingerprint density at radius 3 is 2.55 bits per heavy atom. The van der Waals surface area contributed by atoms with E-state index in [-0.39, 0.29) is 108 Å². The second-order valence-corrected chi connectivity index (χ2v) is 22.2. The number of aryl methyl sites for hydroxylation is 1. The molecule has 4 unspecified atom stereocenters. The molecule has 8 heterocycles. The van der Waals surface area contributed by atoms with Crippen molar-refractivity contribution < 1.29 is 37.4 Å². The van der Waals surface area contributed by atoms with Gasteiger partial charge >= 0.3 is 11.7 Å². The van der Waals surface area contributed by atoms with Crippen molar-refractivity contribution in [3.63, 3.8) is 0 Å². The molecule has 0 saturated carbocycles. The van der Waals surface area contributed by atoms with Crippen molar-refractivity contribution in [1.29, 1.82) is 5.26 Å².